The second-order valence-corrected chi connectivity index (χ2v) is 4.93. The van der Waals surface area contributed by atoms with Crippen LogP contribution in [0.2, 0.25) is 0 Å². The van der Waals surface area contributed by atoms with Crippen LogP contribution in [0.1, 0.15) is 19.3 Å². The Morgan fingerprint density at radius 1 is 1.07 bits per heavy atom. The smallest absolute Gasteiger partial charge is 0.233 e. The van der Waals surface area contributed by atoms with Crippen LogP contribution >= 0.6 is 0 Å². The van der Waals surface area contributed by atoms with Crippen LogP contribution in [0.4, 0.5) is 0 Å². The summed E-state index contributed by atoms with van der Waals surface area (Å²) in [4.78, 5) is 25.3. The minimum atomic E-state index is -0.0417. The molecule has 1 saturated heterocycles. The topological polar surface area (TPSA) is 37.4 Å². The van der Waals surface area contributed by atoms with E-state index in [0.717, 1.165) is 19.3 Å². The van der Waals surface area contributed by atoms with E-state index in [4.69, 9.17) is 0 Å². The first kappa shape index (κ1) is 9.13. The van der Waals surface area contributed by atoms with Gasteiger partial charge in [-0.3, -0.25) is 14.5 Å². The van der Waals surface area contributed by atoms with Crippen LogP contribution in [0.3, 0.4) is 0 Å². The summed E-state index contributed by atoms with van der Waals surface area (Å²) in [6.07, 6.45) is 7.63. The number of fused-ring (bicyclic) bond motifs is 2. The SMILES string of the molecule is CN1C(=O)[C@@H]2[C@H](C1=O)[C@@H]1C=C[C@H]2CCC1. The first-order valence-electron chi connectivity index (χ1n) is 5.70. The third kappa shape index (κ3) is 1.06. The predicted molar refractivity (Wildman–Crippen MR) is 54.7 cm³/mol. The number of rotatable bonds is 0. The maximum Gasteiger partial charge on any atom is 0.233 e. The molecule has 0 N–H and O–H groups in total. The van der Waals surface area contributed by atoms with Gasteiger partial charge in [-0.25, -0.2) is 0 Å². The molecular weight excluding hydrogens is 190 g/mol. The number of nitrogens with zero attached hydrogens (tertiary/aromatic N) is 1. The maximum atomic E-state index is 12.0. The second kappa shape index (κ2) is 2.94. The first-order valence-corrected chi connectivity index (χ1v) is 5.70. The number of imide groups is 1. The molecule has 0 spiro atoms. The van der Waals surface area contributed by atoms with Crippen molar-refractivity contribution in [2.45, 2.75) is 19.3 Å². The molecule has 2 fully saturated rings. The summed E-state index contributed by atoms with van der Waals surface area (Å²) >= 11 is 0. The number of likely N-dealkylation sites (tertiary alicyclic amines) is 1. The molecule has 0 aromatic carbocycles. The molecule has 1 heterocycles. The van der Waals surface area contributed by atoms with Crippen LogP contribution in [0.5, 0.6) is 0 Å². The molecule has 0 unspecified atom stereocenters. The quantitative estimate of drug-likeness (QED) is 0.440. The molecule has 4 rings (SSSR count). The Kier molecular flexibility index (Phi) is 1.79. The molecular formula is C12H15NO2. The van der Waals surface area contributed by atoms with Gasteiger partial charge in [-0.1, -0.05) is 18.6 Å². The van der Waals surface area contributed by atoms with Crippen molar-refractivity contribution in [1.29, 1.82) is 0 Å². The average molecular weight is 205 g/mol. The summed E-state index contributed by atoms with van der Waals surface area (Å²) in [5.41, 5.74) is 0. The molecule has 80 valence electrons. The van der Waals surface area contributed by atoms with Crippen molar-refractivity contribution in [3.8, 4) is 0 Å². The molecule has 1 aliphatic heterocycles. The van der Waals surface area contributed by atoms with Crippen molar-refractivity contribution >= 4 is 11.8 Å². The van der Waals surface area contributed by atoms with Gasteiger partial charge in [-0.15, -0.1) is 0 Å². The number of carbonyl (C=O) groups is 2. The van der Waals surface area contributed by atoms with Crippen molar-refractivity contribution in [1.82, 2.24) is 4.90 Å². The largest absolute Gasteiger partial charge is 0.285 e. The third-order valence-electron chi connectivity index (χ3n) is 4.22. The highest BCUT2D eigenvalue weighted by atomic mass is 16.2. The Hall–Kier alpha value is -1.12. The van der Waals surface area contributed by atoms with E-state index in [1.807, 2.05) is 0 Å². The van der Waals surface area contributed by atoms with E-state index in [9.17, 15) is 9.59 Å². The van der Waals surface area contributed by atoms with Crippen molar-refractivity contribution in [2.75, 3.05) is 7.05 Å². The van der Waals surface area contributed by atoms with Crippen LogP contribution in [0.15, 0.2) is 12.2 Å². The van der Waals surface area contributed by atoms with Crippen molar-refractivity contribution in [3.63, 3.8) is 0 Å². The van der Waals surface area contributed by atoms with Gasteiger partial charge < -0.3 is 0 Å². The lowest BCUT2D eigenvalue weighted by atomic mass is 9.73. The Bertz CT molecular complexity index is 329. The summed E-state index contributed by atoms with van der Waals surface area (Å²) in [6, 6.07) is 0. The van der Waals surface area contributed by atoms with Crippen molar-refractivity contribution in [2.24, 2.45) is 23.7 Å². The second-order valence-electron chi connectivity index (χ2n) is 4.93. The van der Waals surface area contributed by atoms with E-state index in [1.54, 1.807) is 7.05 Å². The van der Waals surface area contributed by atoms with Gasteiger partial charge in [0.15, 0.2) is 0 Å². The van der Waals surface area contributed by atoms with E-state index in [0.29, 0.717) is 11.8 Å². The zero-order valence-electron chi connectivity index (χ0n) is 8.85. The molecule has 4 atom stereocenters. The third-order valence-corrected chi connectivity index (χ3v) is 4.22. The molecule has 1 saturated carbocycles. The average Bonchev–Trinajstić information content (AvgIpc) is 2.51. The number of allylic oxidation sites excluding steroid dienone is 2. The van der Waals surface area contributed by atoms with Gasteiger partial charge in [-0.2, -0.15) is 0 Å². The zero-order chi connectivity index (χ0) is 10.6. The molecule has 3 aliphatic carbocycles. The summed E-state index contributed by atoms with van der Waals surface area (Å²) in [7, 11) is 1.62. The number of hydrogen-bond donors (Lipinski definition) is 0. The van der Waals surface area contributed by atoms with Crippen LogP contribution in [0, 0.1) is 23.7 Å². The van der Waals surface area contributed by atoms with Crippen LogP contribution in [0.25, 0.3) is 0 Å². The molecule has 4 aliphatic rings. The van der Waals surface area contributed by atoms with Gasteiger partial charge in [0.25, 0.3) is 0 Å². The Morgan fingerprint density at radius 2 is 1.53 bits per heavy atom. The van der Waals surface area contributed by atoms with Gasteiger partial charge in [0.1, 0.15) is 0 Å². The van der Waals surface area contributed by atoms with E-state index in [1.165, 1.54) is 4.90 Å². The van der Waals surface area contributed by atoms with Gasteiger partial charge in [-0.05, 0) is 24.7 Å². The fourth-order valence-corrected chi connectivity index (χ4v) is 3.43. The molecule has 0 radical (unpaired) electrons. The Balaban J connectivity index is 2.07. The van der Waals surface area contributed by atoms with Crippen molar-refractivity contribution in [3.05, 3.63) is 12.2 Å². The van der Waals surface area contributed by atoms with Gasteiger partial charge in [0.2, 0.25) is 11.8 Å². The summed E-state index contributed by atoms with van der Waals surface area (Å²) in [6.45, 7) is 0. The molecule has 3 heteroatoms. The Labute approximate surface area is 89.1 Å². The number of amides is 2. The van der Waals surface area contributed by atoms with Gasteiger partial charge in [0, 0.05) is 7.05 Å². The highest BCUT2D eigenvalue weighted by molar-refractivity contribution is 6.05. The zero-order valence-corrected chi connectivity index (χ0v) is 8.85. The summed E-state index contributed by atoms with van der Waals surface area (Å²) < 4.78 is 0. The fraction of sp³-hybridized carbons (Fsp3) is 0.667. The predicted octanol–water partition coefficient (Wildman–Crippen LogP) is 1.20. The minimum Gasteiger partial charge on any atom is -0.285 e. The molecule has 15 heavy (non-hydrogen) atoms. The standard InChI is InChI=1S/C12H15NO2/c1-13-11(14)9-7-3-2-4-8(6-5-7)10(9)12(13)15/h5-10H,2-4H2,1H3/t7-,8+,9+,10-. The van der Waals surface area contributed by atoms with E-state index >= 15 is 0 Å². The molecule has 0 aromatic heterocycles. The number of hydrogen-bond acceptors (Lipinski definition) is 2. The van der Waals surface area contributed by atoms with Crippen LogP contribution < -0.4 is 0 Å². The minimum absolute atomic E-state index is 0.0417. The first-order chi connectivity index (χ1) is 7.20. The lowest BCUT2D eigenvalue weighted by Crippen LogP contribution is -2.31. The van der Waals surface area contributed by atoms with E-state index in [-0.39, 0.29) is 23.7 Å². The van der Waals surface area contributed by atoms with Crippen molar-refractivity contribution < 1.29 is 9.59 Å². The molecule has 0 aromatic rings. The molecule has 2 bridgehead atoms. The van der Waals surface area contributed by atoms with Gasteiger partial charge in [0.05, 0.1) is 11.8 Å². The lowest BCUT2D eigenvalue weighted by molar-refractivity contribution is -0.138. The molecule has 2 amide bonds. The maximum absolute atomic E-state index is 12.0. The summed E-state index contributed by atoms with van der Waals surface area (Å²) in [5.74, 6) is 0.641. The Morgan fingerprint density at radius 3 is 2.00 bits per heavy atom. The number of carbonyl (C=O) groups excluding carboxylic acids is 2. The van der Waals surface area contributed by atoms with Gasteiger partial charge >= 0.3 is 0 Å². The van der Waals surface area contributed by atoms with E-state index in [2.05, 4.69) is 12.2 Å². The highest BCUT2D eigenvalue weighted by Gasteiger charge is 2.53. The van der Waals surface area contributed by atoms with E-state index < -0.39 is 0 Å². The van der Waals surface area contributed by atoms with Crippen LogP contribution in [-0.2, 0) is 9.59 Å². The highest BCUT2D eigenvalue weighted by Crippen LogP contribution is 2.47. The monoisotopic (exact) mass is 205 g/mol. The lowest BCUT2D eigenvalue weighted by Gasteiger charge is -2.27. The fourth-order valence-electron chi connectivity index (χ4n) is 3.43. The van der Waals surface area contributed by atoms with Crippen LogP contribution in [-0.4, -0.2) is 23.8 Å². The molecule has 3 nitrogen and oxygen atoms in total. The summed E-state index contributed by atoms with van der Waals surface area (Å²) in [5, 5.41) is 0. The normalized spacial score (nSPS) is 43.4.